The number of nitrogens with zero attached hydrogens (tertiary/aromatic N) is 6. The number of rotatable bonds is 6. The van der Waals surface area contributed by atoms with E-state index in [0.717, 1.165) is 26.9 Å². The number of anilines is 2. The van der Waals surface area contributed by atoms with Gasteiger partial charge in [-0.15, -0.1) is 0 Å². The van der Waals surface area contributed by atoms with Crippen molar-refractivity contribution in [2.75, 3.05) is 42.9 Å². The number of nitrogens with one attached hydrogen (secondary N) is 1. The summed E-state index contributed by atoms with van der Waals surface area (Å²) >= 11 is 0. The molecule has 1 N–H and O–H groups in total. The van der Waals surface area contributed by atoms with Crippen molar-refractivity contribution in [3.8, 4) is 0 Å². The van der Waals surface area contributed by atoms with Crippen LogP contribution in [0.4, 0.5) is 11.6 Å². The van der Waals surface area contributed by atoms with Gasteiger partial charge in [-0.3, -0.25) is 28.2 Å². The predicted molar refractivity (Wildman–Crippen MR) is 149 cm³/mol. The molecule has 0 aliphatic carbocycles. The fraction of sp³-hybridized carbons (Fsp3) is 0.357. The molecule has 2 aromatic heterocycles. The van der Waals surface area contributed by atoms with Gasteiger partial charge in [0.2, 0.25) is 11.9 Å². The molecule has 1 aliphatic rings. The lowest BCUT2D eigenvalue weighted by Crippen LogP contribution is -2.49. The third-order valence-corrected chi connectivity index (χ3v) is 7.15. The van der Waals surface area contributed by atoms with Crippen molar-refractivity contribution < 1.29 is 4.79 Å². The normalized spacial score (nSPS) is 14.3. The highest BCUT2D eigenvalue weighted by Gasteiger charge is 2.26. The summed E-state index contributed by atoms with van der Waals surface area (Å²) in [6, 6.07) is 15.9. The first-order valence-electron chi connectivity index (χ1n) is 12.8. The fourth-order valence-electron chi connectivity index (χ4n) is 4.85. The Morgan fingerprint density at radius 2 is 1.47 bits per heavy atom. The summed E-state index contributed by atoms with van der Waals surface area (Å²) in [6.45, 7) is 7.44. The van der Waals surface area contributed by atoms with E-state index in [9.17, 15) is 14.4 Å². The maximum Gasteiger partial charge on any atom is 0.332 e. The highest BCUT2D eigenvalue weighted by Crippen LogP contribution is 2.23. The number of hydrogen-bond donors (Lipinski definition) is 1. The van der Waals surface area contributed by atoms with Gasteiger partial charge in [-0.05, 0) is 31.5 Å². The highest BCUT2D eigenvalue weighted by atomic mass is 16.2. The van der Waals surface area contributed by atoms with Gasteiger partial charge in [0.05, 0.1) is 13.1 Å². The Bertz CT molecular complexity index is 1590. The number of hydrogen-bond acceptors (Lipinski definition) is 6. The van der Waals surface area contributed by atoms with Crippen LogP contribution in [0.5, 0.6) is 0 Å². The van der Waals surface area contributed by atoms with E-state index in [2.05, 4.69) is 15.1 Å². The second-order valence-corrected chi connectivity index (χ2v) is 10.0. The maximum absolute atomic E-state index is 13.2. The second kappa shape index (κ2) is 10.3. The van der Waals surface area contributed by atoms with E-state index in [1.54, 1.807) is 7.05 Å². The van der Waals surface area contributed by atoms with Crippen LogP contribution in [0.25, 0.3) is 11.2 Å². The maximum atomic E-state index is 13.2. The Hall–Kier alpha value is -4.18. The lowest BCUT2D eigenvalue weighted by Gasteiger charge is -2.35. The molecule has 0 spiro atoms. The minimum atomic E-state index is -0.404. The number of fused-ring (bicyclic) bond motifs is 1. The Labute approximate surface area is 220 Å². The van der Waals surface area contributed by atoms with Crippen molar-refractivity contribution in [2.45, 2.75) is 20.4 Å². The molecule has 2 aromatic carbocycles. The summed E-state index contributed by atoms with van der Waals surface area (Å²) in [6.07, 6.45) is 0. The molecule has 1 fully saturated rings. The van der Waals surface area contributed by atoms with Crippen LogP contribution in [0.2, 0.25) is 0 Å². The quantitative estimate of drug-likeness (QED) is 0.421. The third-order valence-electron chi connectivity index (χ3n) is 7.15. The number of carbonyl (C=O) groups excluding carboxylic acids is 1. The van der Waals surface area contributed by atoms with E-state index in [1.165, 1.54) is 11.6 Å². The first-order chi connectivity index (χ1) is 18.2. The minimum Gasteiger partial charge on any atom is -0.340 e. The van der Waals surface area contributed by atoms with Crippen molar-refractivity contribution in [3.05, 3.63) is 86.1 Å². The molecule has 5 rings (SSSR count). The second-order valence-electron chi connectivity index (χ2n) is 10.0. The summed E-state index contributed by atoms with van der Waals surface area (Å²) in [7, 11) is 3.13. The Balaban J connectivity index is 1.38. The van der Waals surface area contributed by atoms with Crippen LogP contribution in [0.3, 0.4) is 0 Å². The van der Waals surface area contributed by atoms with Crippen LogP contribution in [0.15, 0.2) is 58.1 Å². The average Bonchev–Trinajstić information content (AvgIpc) is 3.28. The van der Waals surface area contributed by atoms with Crippen molar-refractivity contribution in [2.24, 2.45) is 14.1 Å². The Kier molecular flexibility index (Phi) is 6.90. The lowest BCUT2D eigenvalue weighted by atomic mass is 10.1. The van der Waals surface area contributed by atoms with Gasteiger partial charge in [-0.25, -0.2) is 4.79 Å². The first kappa shape index (κ1) is 25.5. The molecule has 0 unspecified atom stereocenters. The van der Waals surface area contributed by atoms with E-state index in [0.29, 0.717) is 56.4 Å². The van der Waals surface area contributed by atoms with Gasteiger partial charge in [0.25, 0.3) is 5.56 Å². The molecule has 38 heavy (non-hydrogen) atoms. The van der Waals surface area contributed by atoms with Crippen molar-refractivity contribution in [3.63, 3.8) is 0 Å². The molecule has 1 aliphatic heterocycles. The minimum absolute atomic E-state index is 0.0487. The summed E-state index contributed by atoms with van der Waals surface area (Å²) < 4.78 is 4.48. The Morgan fingerprint density at radius 1 is 0.868 bits per heavy atom. The molecular weight excluding hydrogens is 482 g/mol. The van der Waals surface area contributed by atoms with Gasteiger partial charge >= 0.3 is 5.69 Å². The van der Waals surface area contributed by atoms with Gasteiger partial charge in [-0.1, -0.05) is 47.5 Å². The number of aromatic nitrogens is 4. The van der Waals surface area contributed by atoms with Crippen LogP contribution in [0.1, 0.15) is 16.7 Å². The van der Waals surface area contributed by atoms with Gasteiger partial charge < -0.3 is 10.2 Å². The summed E-state index contributed by atoms with van der Waals surface area (Å²) in [5, 5.41) is 2.96. The van der Waals surface area contributed by atoms with Gasteiger partial charge in [-0.2, -0.15) is 4.98 Å². The third kappa shape index (κ3) is 4.99. The standard InChI is InChI=1S/C28H33N7O3/c1-19-5-9-21(10-6-19)17-35-24-25(31(3)28(38)32(4)26(24)37)30-27(35)34-15-13-33(14-16-34)18-23(36)29-22-11-7-20(2)8-12-22/h5-12H,13-18H2,1-4H3,(H,29,36). The zero-order chi connectivity index (χ0) is 27.0. The van der Waals surface area contributed by atoms with Crippen LogP contribution in [-0.4, -0.2) is 62.2 Å². The first-order valence-corrected chi connectivity index (χ1v) is 12.8. The van der Waals surface area contributed by atoms with Gasteiger partial charge in [0, 0.05) is 46.0 Å². The zero-order valence-corrected chi connectivity index (χ0v) is 22.3. The number of benzene rings is 2. The molecule has 1 amide bonds. The molecule has 10 heteroatoms. The zero-order valence-electron chi connectivity index (χ0n) is 22.3. The van der Waals surface area contributed by atoms with Crippen molar-refractivity contribution in [1.29, 1.82) is 0 Å². The van der Waals surface area contributed by atoms with E-state index < -0.39 is 5.69 Å². The fourth-order valence-corrected chi connectivity index (χ4v) is 4.85. The lowest BCUT2D eigenvalue weighted by molar-refractivity contribution is -0.117. The monoisotopic (exact) mass is 515 g/mol. The van der Waals surface area contributed by atoms with Crippen molar-refractivity contribution >= 4 is 28.7 Å². The van der Waals surface area contributed by atoms with E-state index in [-0.39, 0.29) is 11.5 Å². The van der Waals surface area contributed by atoms with E-state index >= 15 is 0 Å². The SMILES string of the molecule is Cc1ccc(Cn2c(N3CCN(CC(=O)Nc4ccc(C)cc4)CC3)nc3c2c(=O)n(C)c(=O)n3C)cc1. The smallest absolute Gasteiger partial charge is 0.332 e. The number of imidazole rings is 1. The molecule has 1 saturated heterocycles. The molecule has 0 radical (unpaired) electrons. The van der Waals surface area contributed by atoms with Gasteiger partial charge in [0.1, 0.15) is 0 Å². The number of aryl methyl sites for hydroxylation is 3. The molecule has 0 atom stereocenters. The van der Waals surface area contributed by atoms with Gasteiger partial charge in [0.15, 0.2) is 11.2 Å². The van der Waals surface area contributed by atoms with Crippen molar-refractivity contribution in [1.82, 2.24) is 23.6 Å². The Morgan fingerprint density at radius 3 is 2.11 bits per heavy atom. The molecule has 0 bridgehead atoms. The van der Waals surface area contributed by atoms with E-state index in [1.807, 2.05) is 66.9 Å². The predicted octanol–water partition coefficient (Wildman–Crippen LogP) is 1.86. The van der Waals surface area contributed by atoms with Crippen LogP contribution in [0, 0.1) is 13.8 Å². The molecular formula is C28H33N7O3. The molecule has 4 aromatic rings. The summed E-state index contributed by atoms with van der Waals surface area (Å²) in [5.74, 6) is 0.607. The number of amides is 1. The van der Waals surface area contributed by atoms with Crippen LogP contribution in [-0.2, 0) is 25.4 Å². The number of carbonyl (C=O) groups is 1. The topological polar surface area (TPSA) is 97.4 Å². The average molecular weight is 516 g/mol. The molecule has 198 valence electrons. The largest absolute Gasteiger partial charge is 0.340 e. The summed E-state index contributed by atoms with van der Waals surface area (Å²) in [5.41, 5.74) is 4.15. The molecule has 0 saturated carbocycles. The van der Waals surface area contributed by atoms with Crippen LogP contribution < -0.4 is 21.5 Å². The molecule has 10 nitrogen and oxygen atoms in total. The van der Waals surface area contributed by atoms with Crippen LogP contribution >= 0.6 is 0 Å². The number of piperazine rings is 1. The highest BCUT2D eigenvalue weighted by molar-refractivity contribution is 5.92. The van der Waals surface area contributed by atoms with E-state index in [4.69, 9.17) is 4.98 Å². The summed E-state index contributed by atoms with van der Waals surface area (Å²) in [4.78, 5) is 47.5. The molecule has 3 heterocycles.